The predicted molar refractivity (Wildman–Crippen MR) is 96.4 cm³/mol. The van der Waals surface area contributed by atoms with Gasteiger partial charge in [-0.25, -0.2) is 15.0 Å². The van der Waals surface area contributed by atoms with E-state index in [0.29, 0.717) is 23.0 Å². The van der Waals surface area contributed by atoms with Crippen LogP contribution in [0.15, 0.2) is 6.20 Å². The summed E-state index contributed by atoms with van der Waals surface area (Å²) in [7, 11) is 0. The molecule has 10 heteroatoms. The molecular weight excluding hydrogens is 350 g/mol. The fraction of sp³-hybridized carbons (Fsp3) is 0.529. The maximum atomic E-state index is 12.6. The Bertz CT molecular complexity index is 830. The minimum absolute atomic E-state index is 0.240. The van der Waals surface area contributed by atoms with E-state index in [-0.39, 0.29) is 18.2 Å². The van der Waals surface area contributed by atoms with Crippen LogP contribution < -0.4 is 10.2 Å². The minimum atomic E-state index is -1.00. The summed E-state index contributed by atoms with van der Waals surface area (Å²) in [6, 6.07) is -0.488. The van der Waals surface area contributed by atoms with Crippen molar-refractivity contribution in [1.29, 1.82) is 0 Å². The number of aryl methyl sites for hydroxylation is 1. The van der Waals surface area contributed by atoms with Crippen molar-refractivity contribution in [2.75, 3.05) is 18.0 Å². The third-order valence-corrected chi connectivity index (χ3v) is 4.45. The second kappa shape index (κ2) is 8.11. The van der Waals surface area contributed by atoms with Gasteiger partial charge in [-0.15, -0.1) is 0 Å². The van der Waals surface area contributed by atoms with Crippen molar-refractivity contribution in [1.82, 2.24) is 30.5 Å². The molecule has 2 aromatic rings. The Labute approximate surface area is 156 Å². The third-order valence-electron chi connectivity index (χ3n) is 4.45. The van der Waals surface area contributed by atoms with E-state index in [1.807, 2.05) is 0 Å². The van der Waals surface area contributed by atoms with Crippen molar-refractivity contribution >= 4 is 17.8 Å². The summed E-state index contributed by atoms with van der Waals surface area (Å²) in [5.41, 5.74) is 1.00. The zero-order valence-corrected chi connectivity index (χ0v) is 15.4. The van der Waals surface area contributed by atoms with E-state index in [9.17, 15) is 9.59 Å². The van der Waals surface area contributed by atoms with Crippen LogP contribution in [-0.4, -0.2) is 55.2 Å². The normalized spacial score (nSPS) is 15.4. The molecule has 1 amide bonds. The van der Waals surface area contributed by atoms with Gasteiger partial charge in [-0.2, -0.15) is 5.10 Å². The van der Waals surface area contributed by atoms with Gasteiger partial charge >= 0.3 is 5.97 Å². The van der Waals surface area contributed by atoms with Gasteiger partial charge in [0.2, 0.25) is 5.95 Å². The first-order valence-corrected chi connectivity index (χ1v) is 8.96. The molecule has 1 atom stereocenters. The number of carboxylic acid groups (broad SMARTS) is 1. The molecule has 27 heavy (non-hydrogen) atoms. The summed E-state index contributed by atoms with van der Waals surface area (Å²) in [4.78, 5) is 38.3. The predicted octanol–water partition coefficient (Wildman–Crippen LogP) is 1.01. The highest BCUT2D eigenvalue weighted by molar-refractivity contribution is 5.95. The Hall–Kier alpha value is -3.04. The van der Waals surface area contributed by atoms with Crippen molar-refractivity contribution < 1.29 is 14.7 Å². The summed E-state index contributed by atoms with van der Waals surface area (Å²) >= 11 is 0. The van der Waals surface area contributed by atoms with E-state index in [1.165, 1.54) is 6.42 Å². The van der Waals surface area contributed by atoms with Crippen LogP contribution in [0.4, 0.5) is 5.95 Å². The van der Waals surface area contributed by atoms with Gasteiger partial charge in [0, 0.05) is 19.3 Å². The molecule has 0 spiro atoms. The van der Waals surface area contributed by atoms with Crippen LogP contribution in [0.2, 0.25) is 0 Å². The highest BCUT2D eigenvalue weighted by Gasteiger charge is 2.20. The number of carbonyl (C=O) groups excluding carboxylic acids is 1. The van der Waals surface area contributed by atoms with Crippen LogP contribution in [0.25, 0.3) is 0 Å². The van der Waals surface area contributed by atoms with Crippen LogP contribution in [0.3, 0.4) is 0 Å². The average Bonchev–Trinajstić information content (AvgIpc) is 3.10. The van der Waals surface area contributed by atoms with Crippen LogP contribution in [0.5, 0.6) is 0 Å². The Morgan fingerprint density at radius 1 is 1.30 bits per heavy atom. The number of carbonyl (C=O) groups is 2. The van der Waals surface area contributed by atoms with Crippen molar-refractivity contribution in [3.05, 3.63) is 29.1 Å². The fourth-order valence-corrected chi connectivity index (χ4v) is 2.99. The highest BCUT2D eigenvalue weighted by atomic mass is 16.4. The standard InChI is InChI=1S/C17H23N7O3/c1-10-12(9-18-17(20-10)24-6-4-3-5-7-24)16(27)19-11(2)15-21-13(22-23-15)8-14(25)26/h9,11H,3-8H2,1-2H3,(H,19,27)(H,25,26)(H,21,22,23). The Morgan fingerprint density at radius 3 is 2.70 bits per heavy atom. The number of rotatable bonds is 6. The molecule has 0 radical (unpaired) electrons. The molecule has 1 fully saturated rings. The van der Waals surface area contributed by atoms with Crippen molar-refractivity contribution in [3.8, 4) is 0 Å². The molecule has 0 aliphatic carbocycles. The number of anilines is 1. The Balaban J connectivity index is 1.66. The van der Waals surface area contributed by atoms with E-state index >= 15 is 0 Å². The highest BCUT2D eigenvalue weighted by Crippen LogP contribution is 2.17. The molecule has 10 nitrogen and oxygen atoms in total. The molecule has 2 aromatic heterocycles. The third kappa shape index (κ3) is 4.57. The first kappa shape index (κ1) is 18.7. The molecule has 3 rings (SSSR count). The molecular formula is C17H23N7O3. The van der Waals surface area contributed by atoms with E-state index in [4.69, 9.17) is 5.11 Å². The van der Waals surface area contributed by atoms with Gasteiger partial charge in [-0.05, 0) is 33.1 Å². The zero-order chi connectivity index (χ0) is 19.4. The number of nitrogens with one attached hydrogen (secondary N) is 2. The summed E-state index contributed by atoms with van der Waals surface area (Å²) in [5.74, 6) is -0.109. The number of carboxylic acids is 1. The first-order chi connectivity index (χ1) is 12.9. The smallest absolute Gasteiger partial charge is 0.311 e. The van der Waals surface area contributed by atoms with Crippen LogP contribution in [0, 0.1) is 6.92 Å². The Kier molecular flexibility index (Phi) is 5.63. The van der Waals surface area contributed by atoms with Crippen LogP contribution in [0.1, 0.15) is 59.9 Å². The van der Waals surface area contributed by atoms with Gasteiger partial charge in [0.05, 0.1) is 17.3 Å². The van der Waals surface area contributed by atoms with Crippen molar-refractivity contribution in [2.24, 2.45) is 0 Å². The molecule has 0 saturated carbocycles. The van der Waals surface area contributed by atoms with E-state index in [0.717, 1.165) is 25.9 Å². The Morgan fingerprint density at radius 2 is 2.04 bits per heavy atom. The number of hydrogen-bond donors (Lipinski definition) is 3. The summed E-state index contributed by atoms with van der Waals surface area (Å²) < 4.78 is 0. The van der Waals surface area contributed by atoms with E-state index < -0.39 is 12.0 Å². The van der Waals surface area contributed by atoms with Crippen molar-refractivity contribution in [2.45, 2.75) is 45.6 Å². The molecule has 1 saturated heterocycles. The lowest BCUT2D eigenvalue weighted by molar-refractivity contribution is -0.136. The number of aromatic nitrogens is 5. The molecule has 1 unspecified atom stereocenters. The minimum Gasteiger partial charge on any atom is -0.481 e. The number of H-pyrrole nitrogens is 1. The molecule has 1 aliphatic rings. The van der Waals surface area contributed by atoms with E-state index in [2.05, 4.69) is 35.4 Å². The van der Waals surface area contributed by atoms with Gasteiger partial charge in [0.1, 0.15) is 12.2 Å². The number of amides is 1. The monoisotopic (exact) mass is 373 g/mol. The van der Waals surface area contributed by atoms with Gasteiger partial charge < -0.3 is 15.3 Å². The largest absolute Gasteiger partial charge is 0.481 e. The number of aromatic amines is 1. The molecule has 0 bridgehead atoms. The molecule has 0 aromatic carbocycles. The van der Waals surface area contributed by atoms with Crippen LogP contribution >= 0.6 is 0 Å². The molecule has 3 heterocycles. The van der Waals surface area contributed by atoms with Gasteiger partial charge in [-0.3, -0.25) is 14.7 Å². The lowest BCUT2D eigenvalue weighted by atomic mass is 10.1. The summed E-state index contributed by atoms with van der Waals surface area (Å²) in [5, 5.41) is 18.1. The molecule has 1 aliphatic heterocycles. The SMILES string of the molecule is Cc1nc(N2CCCCC2)ncc1C(=O)NC(C)c1n[nH]c(CC(=O)O)n1. The second-order valence-electron chi connectivity index (χ2n) is 6.62. The summed E-state index contributed by atoms with van der Waals surface area (Å²) in [6.45, 7) is 5.38. The molecule has 144 valence electrons. The number of hydrogen-bond acceptors (Lipinski definition) is 7. The van der Waals surface area contributed by atoms with Gasteiger partial charge in [0.25, 0.3) is 5.91 Å². The van der Waals surface area contributed by atoms with E-state index in [1.54, 1.807) is 20.0 Å². The zero-order valence-electron chi connectivity index (χ0n) is 15.4. The lowest BCUT2D eigenvalue weighted by Crippen LogP contribution is -2.32. The first-order valence-electron chi connectivity index (χ1n) is 8.96. The van der Waals surface area contributed by atoms with Crippen LogP contribution in [-0.2, 0) is 11.2 Å². The van der Waals surface area contributed by atoms with Gasteiger partial charge in [0.15, 0.2) is 5.82 Å². The van der Waals surface area contributed by atoms with Gasteiger partial charge in [-0.1, -0.05) is 0 Å². The summed E-state index contributed by atoms with van der Waals surface area (Å²) in [6.07, 6.45) is 4.77. The topological polar surface area (TPSA) is 137 Å². The second-order valence-corrected chi connectivity index (χ2v) is 6.62. The number of aliphatic carboxylic acids is 1. The molecule has 3 N–H and O–H groups in total. The lowest BCUT2D eigenvalue weighted by Gasteiger charge is -2.26. The van der Waals surface area contributed by atoms with Crippen molar-refractivity contribution in [3.63, 3.8) is 0 Å². The average molecular weight is 373 g/mol. The number of piperidine rings is 1. The maximum Gasteiger partial charge on any atom is 0.311 e. The maximum absolute atomic E-state index is 12.6. The fourth-order valence-electron chi connectivity index (χ4n) is 2.99. The quantitative estimate of drug-likeness (QED) is 0.682. The number of nitrogens with zero attached hydrogens (tertiary/aromatic N) is 5.